The zero-order valence-corrected chi connectivity index (χ0v) is 18.7. The molecule has 4 heteroatoms. The number of benzene rings is 2. The van der Waals surface area contributed by atoms with Crippen LogP contribution in [0.15, 0.2) is 40.9 Å². The molecule has 2 aromatic rings. The van der Waals surface area contributed by atoms with Crippen molar-refractivity contribution in [1.29, 1.82) is 0 Å². The standard InChI is InChI=1S/C23H30BrNO2/c1-7-20(17-9-8-15(2)16(3)12-17)25-22(26)14-27-21-11-10-18(13-19(21)24)23(4,5)6/h8-13,20H,7,14H2,1-6H3,(H,25,26)/t20-/m1/s1. The van der Waals surface area contributed by atoms with Crippen molar-refractivity contribution in [3.8, 4) is 5.75 Å². The van der Waals surface area contributed by atoms with Crippen LogP contribution in [0.1, 0.15) is 62.4 Å². The third-order valence-corrected chi connectivity index (χ3v) is 5.45. The Bertz CT molecular complexity index is 809. The van der Waals surface area contributed by atoms with Gasteiger partial charge in [0.15, 0.2) is 6.61 Å². The molecule has 0 heterocycles. The van der Waals surface area contributed by atoms with Crippen LogP contribution < -0.4 is 10.1 Å². The number of nitrogens with one attached hydrogen (secondary N) is 1. The van der Waals surface area contributed by atoms with Gasteiger partial charge >= 0.3 is 0 Å². The molecule has 27 heavy (non-hydrogen) atoms. The molecule has 146 valence electrons. The van der Waals surface area contributed by atoms with E-state index in [9.17, 15) is 4.79 Å². The summed E-state index contributed by atoms with van der Waals surface area (Å²) < 4.78 is 6.60. The second kappa shape index (κ2) is 8.92. The van der Waals surface area contributed by atoms with Crippen LogP contribution in [-0.2, 0) is 10.2 Å². The largest absolute Gasteiger partial charge is 0.483 e. The maximum atomic E-state index is 12.4. The molecule has 0 fully saturated rings. The lowest BCUT2D eigenvalue weighted by atomic mass is 9.87. The molecule has 1 amide bonds. The summed E-state index contributed by atoms with van der Waals surface area (Å²) in [4.78, 5) is 12.4. The maximum Gasteiger partial charge on any atom is 0.258 e. The maximum absolute atomic E-state index is 12.4. The highest BCUT2D eigenvalue weighted by molar-refractivity contribution is 9.10. The number of hydrogen-bond acceptors (Lipinski definition) is 2. The lowest BCUT2D eigenvalue weighted by Gasteiger charge is -2.21. The molecule has 0 aliphatic rings. The minimum Gasteiger partial charge on any atom is -0.483 e. The van der Waals surface area contributed by atoms with Crippen molar-refractivity contribution in [3.63, 3.8) is 0 Å². The molecule has 0 bridgehead atoms. The van der Waals surface area contributed by atoms with E-state index in [1.54, 1.807) is 0 Å². The van der Waals surface area contributed by atoms with E-state index in [0.717, 1.165) is 16.5 Å². The first kappa shape index (κ1) is 21.5. The molecular formula is C23H30BrNO2. The predicted molar refractivity (Wildman–Crippen MR) is 115 cm³/mol. The number of ether oxygens (including phenoxy) is 1. The fourth-order valence-corrected chi connectivity index (χ4v) is 3.36. The van der Waals surface area contributed by atoms with Gasteiger partial charge in [-0.05, 0) is 76.0 Å². The van der Waals surface area contributed by atoms with Gasteiger partial charge in [-0.25, -0.2) is 0 Å². The van der Waals surface area contributed by atoms with Gasteiger partial charge in [-0.3, -0.25) is 4.79 Å². The summed E-state index contributed by atoms with van der Waals surface area (Å²) in [7, 11) is 0. The summed E-state index contributed by atoms with van der Waals surface area (Å²) in [5.74, 6) is 0.559. The van der Waals surface area contributed by atoms with E-state index in [2.05, 4.69) is 87.1 Å². The van der Waals surface area contributed by atoms with Gasteiger partial charge in [-0.1, -0.05) is 52.0 Å². The molecule has 0 saturated heterocycles. The molecule has 0 radical (unpaired) electrons. The molecule has 0 aliphatic carbocycles. The van der Waals surface area contributed by atoms with E-state index in [1.165, 1.54) is 16.7 Å². The zero-order valence-electron chi connectivity index (χ0n) is 17.2. The lowest BCUT2D eigenvalue weighted by molar-refractivity contribution is -0.123. The zero-order chi connectivity index (χ0) is 20.2. The number of amides is 1. The minimum atomic E-state index is -0.119. The van der Waals surface area contributed by atoms with Crippen LogP contribution >= 0.6 is 15.9 Å². The van der Waals surface area contributed by atoms with Gasteiger partial charge in [-0.15, -0.1) is 0 Å². The van der Waals surface area contributed by atoms with Crippen molar-refractivity contribution in [2.75, 3.05) is 6.61 Å². The molecule has 2 aromatic carbocycles. The molecule has 0 saturated carbocycles. The minimum absolute atomic E-state index is 0.00515. The normalized spacial score (nSPS) is 12.6. The van der Waals surface area contributed by atoms with Gasteiger partial charge in [0.25, 0.3) is 5.91 Å². The fourth-order valence-electron chi connectivity index (χ4n) is 2.87. The summed E-state index contributed by atoms with van der Waals surface area (Å²) >= 11 is 3.55. The quantitative estimate of drug-likeness (QED) is 0.607. The van der Waals surface area contributed by atoms with E-state index in [0.29, 0.717) is 5.75 Å². The van der Waals surface area contributed by atoms with Gasteiger partial charge < -0.3 is 10.1 Å². The van der Waals surface area contributed by atoms with Gasteiger partial charge in [0.05, 0.1) is 10.5 Å². The summed E-state index contributed by atoms with van der Waals surface area (Å²) in [6, 6.07) is 12.3. The number of carbonyl (C=O) groups excluding carboxylic acids is 1. The van der Waals surface area contributed by atoms with E-state index < -0.39 is 0 Å². The van der Waals surface area contributed by atoms with Crippen molar-refractivity contribution >= 4 is 21.8 Å². The number of carbonyl (C=O) groups is 1. The summed E-state index contributed by atoms with van der Waals surface area (Å²) in [5, 5.41) is 3.08. The Balaban J connectivity index is 1.99. The van der Waals surface area contributed by atoms with Crippen LogP contribution in [0.5, 0.6) is 5.75 Å². The highest BCUT2D eigenvalue weighted by Crippen LogP contribution is 2.31. The van der Waals surface area contributed by atoms with E-state index in [4.69, 9.17) is 4.74 Å². The van der Waals surface area contributed by atoms with Crippen LogP contribution in [0.4, 0.5) is 0 Å². The van der Waals surface area contributed by atoms with Gasteiger partial charge in [-0.2, -0.15) is 0 Å². The smallest absolute Gasteiger partial charge is 0.258 e. The van der Waals surface area contributed by atoms with Crippen LogP contribution in [0.25, 0.3) is 0 Å². The Hall–Kier alpha value is -1.81. The summed E-state index contributed by atoms with van der Waals surface area (Å²) in [6.45, 7) is 12.8. The third kappa shape index (κ3) is 5.83. The van der Waals surface area contributed by atoms with Crippen molar-refractivity contribution in [1.82, 2.24) is 5.32 Å². The summed E-state index contributed by atoms with van der Waals surface area (Å²) in [6.07, 6.45) is 0.832. The first-order chi connectivity index (χ1) is 12.6. The Morgan fingerprint density at radius 1 is 1.11 bits per heavy atom. The molecule has 0 unspecified atom stereocenters. The first-order valence-electron chi connectivity index (χ1n) is 9.41. The number of aryl methyl sites for hydroxylation is 2. The van der Waals surface area contributed by atoms with E-state index in [1.807, 2.05) is 12.1 Å². The molecule has 2 rings (SSSR count). The van der Waals surface area contributed by atoms with Crippen molar-refractivity contribution < 1.29 is 9.53 Å². The monoisotopic (exact) mass is 431 g/mol. The molecule has 0 aliphatic heterocycles. The molecule has 0 spiro atoms. The van der Waals surface area contributed by atoms with Crippen molar-refractivity contribution in [2.45, 2.75) is 59.4 Å². The molecular weight excluding hydrogens is 402 g/mol. The third-order valence-electron chi connectivity index (χ3n) is 4.83. The van der Waals surface area contributed by atoms with Crippen LogP contribution in [0.3, 0.4) is 0 Å². The lowest BCUT2D eigenvalue weighted by Crippen LogP contribution is -2.32. The highest BCUT2D eigenvalue weighted by atomic mass is 79.9. The Labute approximate surface area is 171 Å². The van der Waals surface area contributed by atoms with Crippen LogP contribution in [-0.4, -0.2) is 12.5 Å². The van der Waals surface area contributed by atoms with Crippen LogP contribution in [0, 0.1) is 13.8 Å². The topological polar surface area (TPSA) is 38.3 Å². The Kier molecular flexibility index (Phi) is 7.10. The fraction of sp³-hybridized carbons (Fsp3) is 0.435. The van der Waals surface area contributed by atoms with E-state index >= 15 is 0 Å². The molecule has 3 nitrogen and oxygen atoms in total. The van der Waals surface area contributed by atoms with Gasteiger partial charge in [0.2, 0.25) is 0 Å². The number of hydrogen-bond donors (Lipinski definition) is 1. The Morgan fingerprint density at radius 3 is 2.37 bits per heavy atom. The SMILES string of the molecule is CC[C@@H](NC(=O)COc1ccc(C(C)(C)C)cc1Br)c1ccc(C)c(C)c1. The molecule has 1 N–H and O–H groups in total. The van der Waals surface area contributed by atoms with Crippen molar-refractivity contribution in [3.05, 3.63) is 63.1 Å². The first-order valence-corrected chi connectivity index (χ1v) is 10.2. The van der Waals surface area contributed by atoms with Crippen molar-refractivity contribution in [2.24, 2.45) is 0 Å². The average molecular weight is 432 g/mol. The number of rotatable bonds is 6. The van der Waals surface area contributed by atoms with Gasteiger partial charge in [0, 0.05) is 0 Å². The molecule has 1 atom stereocenters. The average Bonchev–Trinajstić information content (AvgIpc) is 2.60. The molecule has 0 aromatic heterocycles. The Morgan fingerprint density at radius 2 is 1.81 bits per heavy atom. The summed E-state index contributed by atoms with van der Waals surface area (Å²) in [5.41, 5.74) is 4.90. The second-order valence-electron chi connectivity index (χ2n) is 8.06. The van der Waals surface area contributed by atoms with E-state index in [-0.39, 0.29) is 24.0 Å². The highest BCUT2D eigenvalue weighted by Gasteiger charge is 2.17. The van der Waals surface area contributed by atoms with Gasteiger partial charge in [0.1, 0.15) is 5.75 Å². The second-order valence-corrected chi connectivity index (χ2v) is 8.91. The number of halogens is 1. The van der Waals surface area contributed by atoms with Crippen LogP contribution in [0.2, 0.25) is 0 Å². The predicted octanol–water partition coefficient (Wildman–Crippen LogP) is 6.01.